The van der Waals surface area contributed by atoms with Gasteiger partial charge in [-0.1, -0.05) is 13.8 Å². The normalized spacial score (nSPS) is 7.54. The Bertz CT molecular complexity index is 237. The molecule has 0 aromatic heterocycles. The van der Waals surface area contributed by atoms with Gasteiger partial charge in [-0.3, -0.25) is 9.11 Å². The highest BCUT2D eigenvalue weighted by molar-refractivity contribution is 7.79. The molecule has 6 nitrogen and oxygen atoms in total. The van der Waals surface area contributed by atoms with Gasteiger partial charge in [0.25, 0.3) is 0 Å². The molecule has 76 valence electrons. The highest BCUT2D eigenvalue weighted by Crippen LogP contribution is 1.59. The maximum atomic E-state index is 8.74. The monoisotopic (exact) mass is 208 g/mol. The molecule has 0 aromatic rings. The van der Waals surface area contributed by atoms with Crippen LogP contribution in [0.5, 0.6) is 0 Å². The average Bonchev–Trinajstić information content (AvgIpc) is 2.01. The van der Waals surface area contributed by atoms with Crippen LogP contribution in [0, 0.1) is 22.7 Å². The van der Waals surface area contributed by atoms with Crippen LogP contribution in [0.4, 0.5) is 0 Å². The Morgan fingerprint density at radius 1 is 1.08 bits per heavy atom. The second kappa shape index (κ2) is 13.4. The van der Waals surface area contributed by atoms with Crippen molar-refractivity contribution in [2.75, 3.05) is 0 Å². The van der Waals surface area contributed by atoms with E-state index < -0.39 is 10.4 Å². The Balaban J connectivity index is -0.000000117. The van der Waals surface area contributed by atoms with E-state index >= 15 is 0 Å². The molecule has 0 saturated carbocycles. The van der Waals surface area contributed by atoms with Crippen LogP contribution in [0.25, 0.3) is 0 Å². The standard InChI is InChI=1S/2C3H5N.H2O4S/c2*1-2-3-4;1-5(2,3)4/h2*2H2,1H3;(H2,1,2,3,4). The van der Waals surface area contributed by atoms with Gasteiger partial charge in [-0.05, 0) is 0 Å². The quantitative estimate of drug-likeness (QED) is 0.576. The zero-order valence-electron chi connectivity index (χ0n) is 7.43. The molecule has 2 N–H and O–H groups in total. The first-order valence-electron chi connectivity index (χ1n) is 3.27. The van der Waals surface area contributed by atoms with Gasteiger partial charge in [0, 0.05) is 12.8 Å². The van der Waals surface area contributed by atoms with Crippen LogP contribution in [-0.4, -0.2) is 17.5 Å². The number of rotatable bonds is 0. The minimum absolute atomic E-state index is 0.625. The minimum Gasteiger partial charge on any atom is -0.264 e. The first kappa shape index (κ1) is 17.8. The van der Waals surface area contributed by atoms with E-state index in [0.29, 0.717) is 12.8 Å². The summed E-state index contributed by atoms with van der Waals surface area (Å²) >= 11 is 0. The van der Waals surface area contributed by atoms with Gasteiger partial charge in [-0.25, -0.2) is 0 Å². The van der Waals surface area contributed by atoms with Crippen LogP contribution < -0.4 is 0 Å². The molecule has 0 saturated heterocycles. The minimum atomic E-state index is -4.67. The lowest BCUT2D eigenvalue weighted by Gasteiger charge is -1.68. The first-order valence-corrected chi connectivity index (χ1v) is 4.66. The Morgan fingerprint density at radius 3 is 1.15 bits per heavy atom. The Kier molecular flexibility index (Phi) is 18.4. The SMILES string of the molecule is CCC#N.CCC#N.O=S(=O)(O)O. The largest absolute Gasteiger partial charge is 0.394 e. The van der Waals surface area contributed by atoms with Crippen molar-refractivity contribution >= 4 is 10.4 Å². The fraction of sp³-hybridized carbons (Fsp3) is 0.667. The molecule has 7 heteroatoms. The van der Waals surface area contributed by atoms with Gasteiger partial charge in [0.15, 0.2) is 0 Å². The summed E-state index contributed by atoms with van der Waals surface area (Å²) in [5, 5.41) is 15.2. The smallest absolute Gasteiger partial charge is 0.264 e. The zero-order valence-corrected chi connectivity index (χ0v) is 8.24. The van der Waals surface area contributed by atoms with Gasteiger partial charge < -0.3 is 0 Å². The van der Waals surface area contributed by atoms with Crippen molar-refractivity contribution in [3.63, 3.8) is 0 Å². The summed E-state index contributed by atoms with van der Waals surface area (Å²) in [6, 6.07) is 3.86. The second-order valence-electron chi connectivity index (χ2n) is 1.47. The molecule has 13 heavy (non-hydrogen) atoms. The van der Waals surface area contributed by atoms with E-state index in [4.69, 9.17) is 28.0 Å². The molecule has 0 spiro atoms. The summed E-state index contributed by atoms with van der Waals surface area (Å²) in [5.41, 5.74) is 0. The third kappa shape index (κ3) is 1180. The van der Waals surface area contributed by atoms with Crippen molar-refractivity contribution in [3.05, 3.63) is 0 Å². The highest BCUT2D eigenvalue weighted by Gasteiger charge is 1.84. The van der Waals surface area contributed by atoms with E-state index in [1.807, 2.05) is 26.0 Å². The first-order chi connectivity index (χ1) is 5.83. The van der Waals surface area contributed by atoms with Crippen LogP contribution >= 0.6 is 0 Å². The topological polar surface area (TPSA) is 122 Å². The summed E-state index contributed by atoms with van der Waals surface area (Å²) in [6.07, 6.45) is 1.25. The molecule has 0 aliphatic rings. The molecule has 0 aliphatic heterocycles. The maximum Gasteiger partial charge on any atom is 0.394 e. The molecular weight excluding hydrogens is 196 g/mol. The molecule has 0 aromatic carbocycles. The molecule has 0 radical (unpaired) electrons. The number of nitriles is 2. The Labute approximate surface area is 78.0 Å². The average molecular weight is 208 g/mol. The van der Waals surface area contributed by atoms with Crippen molar-refractivity contribution < 1.29 is 17.5 Å². The van der Waals surface area contributed by atoms with Crippen LogP contribution in [0.2, 0.25) is 0 Å². The summed E-state index contributed by atoms with van der Waals surface area (Å²) in [4.78, 5) is 0. The fourth-order valence-electron chi connectivity index (χ4n) is 0. The zero-order chi connectivity index (χ0) is 11.3. The molecular formula is C6H12N2O4S. The molecule has 0 fully saturated rings. The summed E-state index contributed by atoms with van der Waals surface area (Å²) < 4.78 is 31.6. The Hall–Kier alpha value is -1.15. The van der Waals surface area contributed by atoms with E-state index in [1.54, 1.807) is 0 Å². The molecule has 0 atom stereocenters. The summed E-state index contributed by atoms with van der Waals surface area (Å²) in [5.74, 6) is 0. The van der Waals surface area contributed by atoms with Gasteiger partial charge in [-0.15, -0.1) is 0 Å². The summed E-state index contributed by atoms with van der Waals surface area (Å²) in [6.45, 7) is 3.64. The predicted octanol–water partition coefficient (Wildman–Crippen LogP) is 1.19. The van der Waals surface area contributed by atoms with Crippen molar-refractivity contribution in [2.45, 2.75) is 26.7 Å². The van der Waals surface area contributed by atoms with Crippen LogP contribution in [0.3, 0.4) is 0 Å². The lowest BCUT2D eigenvalue weighted by Crippen LogP contribution is -1.89. The molecule has 0 unspecified atom stereocenters. The third-order valence-electron chi connectivity index (χ3n) is 0.316. The molecule has 0 bridgehead atoms. The molecule has 0 heterocycles. The van der Waals surface area contributed by atoms with Crippen molar-refractivity contribution in [2.24, 2.45) is 0 Å². The number of nitrogens with zero attached hydrogens (tertiary/aromatic N) is 2. The van der Waals surface area contributed by atoms with Gasteiger partial charge in [0.05, 0.1) is 12.1 Å². The van der Waals surface area contributed by atoms with Crippen LogP contribution in [0.1, 0.15) is 26.7 Å². The van der Waals surface area contributed by atoms with E-state index in [0.717, 1.165) is 0 Å². The number of hydrogen-bond acceptors (Lipinski definition) is 4. The predicted molar refractivity (Wildman–Crippen MR) is 46.0 cm³/mol. The van der Waals surface area contributed by atoms with E-state index in [1.165, 1.54) is 0 Å². The lowest BCUT2D eigenvalue weighted by atomic mass is 10.6. The fourth-order valence-corrected chi connectivity index (χ4v) is 0. The summed E-state index contributed by atoms with van der Waals surface area (Å²) in [7, 11) is -4.67. The molecule has 0 aliphatic carbocycles. The highest BCUT2D eigenvalue weighted by atomic mass is 32.3. The third-order valence-corrected chi connectivity index (χ3v) is 0.316. The second-order valence-corrected chi connectivity index (χ2v) is 2.37. The van der Waals surface area contributed by atoms with Crippen LogP contribution in [-0.2, 0) is 10.4 Å². The lowest BCUT2D eigenvalue weighted by molar-refractivity contribution is 0.381. The van der Waals surface area contributed by atoms with Crippen LogP contribution in [0.15, 0.2) is 0 Å². The molecule has 0 amide bonds. The van der Waals surface area contributed by atoms with Gasteiger partial charge in [0.1, 0.15) is 0 Å². The van der Waals surface area contributed by atoms with Crippen molar-refractivity contribution in [3.8, 4) is 12.1 Å². The van der Waals surface area contributed by atoms with Gasteiger partial charge in [-0.2, -0.15) is 18.9 Å². The van der Waals surface area contributed by atoms with E-state index in [9.17, 15) is 0 Å². The van der Waals surface area contributed by atoms with Crippen molar-refractivity contribution in [1.82, 2.24) is 0 Å². The number of hydrogen-bond donors (Lipinski definition) is 2. The Morgan fingerprint density at radius 2 is 1.15 bits per heavy atom. The van der Waals surface area contributed by atoms with E-state index in [2.05, 4.69) is 0 Å². The van der Waals surface area contributed by atoms with Crippen molar-refractivity contribution in [1.29, 1.82) is 10.5 Å². The van der Waals surface area contributed by atoms with E-state index in [-0.39, 0.29) is 0 Å². The van der Waals surface area contributed by atoms with Gasteiger partial charge >= 0.3 is 10.4 Å². The molecule has 0 rings (SSSR count). The maximum absolute atomic E-state index is 8.74. The van der Waals surface area contributed by atoms with Gasteiger partial charge in [0.2, 0.25) is 0 Å².